The molecular weight excluding hydrogens is 210 g/mol. The lowest BCUT2D eigenvalue weighted by Crippen LogP contribution is -2.46. The average molecular weight is 227 g/mol. The van der Waals surface area contributed by atoms with Gasteiger partial charge in [-0.3, -0.25) is 9.59 Å². The molecule has 2 fully saturated rings. The summed E-state index contributed by atoms with van der Waals surface area (Å²) in [6.07, 6.45) is 3.54. The van der Waals surface area contributed by atoms with Crippen molar-refractivity contribution < 1.29 is 19.8 Å². The second-order valence-corrected chi connectivity index (χ2v) is 4.63. The lowest BCUT2D eigenvalue weighted by atomic mass is 9.91. The number of amides is 1. The van der Waals surface area contributed by atoms with Gasteiger partial charge in [-0.2, -0.15) is 0 Å². The van der Waals surface area contributed by atoms with Gasteiger partial charge < -0.3 is 15.1 Å². The van der Waals surface area contributed by atoms with Crippen LogP contribution >= 0.6 is 0 Å². The van der Waals surface area contributed by atoms with Gasteiger partial charge in [0.05, 0.1) is 18.4 Å². The van der Waals surface area contributed by atoms with E-state index in [1.807, 2.05) is 0 Å². The molecule has 0 unspecified atom stereocenters. The van der Waals surface area contributed by atoms with Gasteiger partial charge in [0.25, 0.3) is 0 Å². The summed E-state index contributed by atoms with van der Waals surface area (Å²) in [5.41, 5.74) is 0. The number of rotatable bonds is 5. The maximum Gasteiger partial charge on any atom is 0.307 e. The fourth-order valence-electron chi connectivity index (χ4n) is 2.23. The maximum absolute atomic E-state index is 12.0. The number of hydrogen-bond donors (Lipinski definition) is 2. The molecule has 2 aliphatic rings. The number of hydrogen-bond acceptors (Lipinski definition) is 3. The molecular formula is C11H17NO4. The Hall–Kier alpha value is -1.10. The van der Waals surface area contributed by atoms with Crippen LogP contribution in [0.15, 0.2) is 0 Å². The molecule has 2 aliphatic carbocycles. The van der Waals surface area contributed by atoms with E-state index >= 15 is 0 Å². The zero-order valence-electron chi connectivity index (χ0n) is 9.13. The standard InChI is InChI=1S/C11H17NO4/c13-5-4-12(7-2-1-3-7)10(14)8-6-9(8)11(15)16/h7-9,13H,1-6H2,(H,15,16)/t8-,9+/m1/s1. The Balaban J connectivity index is 1.93. The Morgan fingerprint density at radius 2 is 1.94 bits per heavy atom. The van der Waals surface area contributed by atoms with Gasteiger partial charge in [-0.05, 0) is 25.7 Å². The van der Waals surface area contributed by atoms with Crippen molar-refractivity contribution in [1.29, 1.82) is 0 Å². The first-order valence-corrected chi connectivity index (χ1v) is 5.79. The zero-order chi connectivity index (χ0) is 11.7. The largest absolute Gasteiger partial charge is 0.481 e. The summed E-state index contributed by atoms with van der Waals surface area (Å²) >= 11 is 0. The first-order chi connectivity index (χ1) is 7.65. The highest BCUT2D eigenvalue weighted by molar-refractivity contribution is 5.89. The number of carboxylic acids is 1. The van der Waals surface area contributed by atoms with Crippen LogP contribution in [0.25, 0.3) is 0 Å². The number of carbonyl (C=O) groups is 2. The van der Waals surface area contributed by atoms with Crippen molar-refractivity contribution >= 4 is 11.9 Å². The summed E-state index contributed by atoms with van der Waals surface area (Å²) in [6, 6.07) is 0.231. The highest BCUT2D eigenvalue weighted by atomic mass is 16.4. The molecule has 5 heteroatoms. The van der Waals surface area contributed by atoms with Crippen molar-refractivity contribution in [1.82, 2.24) is 4.90 Å². The summed E-state index contributed by atoms with van der Waals surface area (Å²) in [7, 11) is 0. The summed E-state index contributed by atoms with van der Waals surface area (Å²) < 4.78 is 0. The maximum atomic E-state index is 12.0. The first kappa shape index (κ1) is 11.4. The molecule has 0 aromatic carbocycles. The van der Waals surface area contributed by atoms with E-state index in [-0.39, 0.29) is 24.5 Å². The molecule has 2 atom stereocenters. The van der Waals surface area contributed by atoms with Gasteiger partial charge in [0.1, 0.15) is 0 Å². The molecule has 0 bridgehead atoms. The molecule has 0 heterocycles. The van der Waals surface area contributed by atoms with Crippen molar-refractivity contribution in [2.45, 2.75) is 31.7 Å². The number of aliphatic hydroxyl groups is 1. The van der Waals surface area contributed by atoms with Gasteiger partial charge in [-0.25, -0.2) is 0 Å². The molecule has 5 nitrogen and oxygen atoms in total. The van der Waals surface area contributed by atoms with Gasteiger partial charge in [-0.15, -0.1) is 0 Å². The molecule has 1 amide bonds. The third-order valence-corrected chi connectivity index (χ3v) is 3.56. The van der Waals surface area contributed by atoms with Gasteiger partial charge in [0.15, 0.2) is 0 Å². The minimum atomic E-state index is -0.879. The molecule has 0 aromatic heterocycles. The van der Waals surface area contributed by atoms with Gasteiger partial charge in [0.2, 0.25) is 5.91 Å². The van der Waals surface area contributed by atoms with Crippen molar-refractivity contribution in [2.24, 2.45) is 11.8 Å². The lowest BCUT2D eigenvalue weighted by molar-refractivity contribution is -0.143. The Morgan fingerprint density at radius 1 is 1.25 bits per heavy atom. The Bertz CT molecular complexity index is 300. The van der Waals surface area contributed by atoms with Crippen molar-refractivity contribution in [3.05, 3.63) is 0 Å². The predicted octanol–water partition coefficient (Wildman–Crippen LogP) is 0.0805. The molecule has 0 saturated heterocycles. The summed E-state index contributed by atoms with van der Waals surface area (Å²) in [4.78, 5) is 24.4. The predicted molar refractivity (Wildman–Crippen MR) is 55.7 cm³/mol. The second-order valence-electron chi connectivity index (χ2n) is 4.63. The smallest absolute Gasteiger partial charge is 0.307 e. The number of carbonyl (C=O) groups excluding carboxylic acids is 1. The van der Waals surface area contributed by atoms with Crippen LogP contribution in [0.3, 0.4) is 0 Å². The fourth-order valence-corrected chi connectivity index (χ4v) is 2.23. The molecule has 0 aromatic rings. The topological polar surface area (TPSA) is 77.8 Å². The first-order valence-electron chi connectivity index (χ1n) is 5.79. The van der Waals surface area contributed by atoms with Crippen LogP contribution in [0.4, 0.5) is 0 Å². The second kappa shape index (κ2) is 4.41. The molecule has 2 rings (SSSR count). The number of aliphatic carboxylic acids is 1. The molecule has 2 saturated carbocycles. The SMILES string of the molecule is O=C(O)[C@H]1C[C@H]1C(=O)N(CCO)C1CCC1. The molecule has 0 radical (unpaired) electrons. The van der Waals surface area contributed by atoms with Crippen molar-refractivity contribution in [2.75, 3.05) is 13.2 Å². The Kier molecular flexibility index (Phi) is 3.14. The van der Waals surface area contributed by atoms with E-state index in [4.69, 9.17) is 10.2 Å². The van der Waals surface area contributed by atoms with Crippen LogP contribution in [-0.2, 0) is 9.59 Å². The molecule has 0 aliphatic heterocycles. The number of carboxylic acid groups (broad SMARTS) is 1. The Morgan fingerprint density at radius 3 is 2.31 bits per heavy atom. The molecule has 2 N–H and O–H groups in total. The van der Waals surface area contributed by atoms with E-state index in [0.717, 1.165) is 19.3 Å². The quantitative estimate of drug-likeness (QED) is 0.697. The van der Waals surface area contributed by atoms with Crippen molar-refractivity contribution in [3.8, 4) is 0 Å². The molecule has 0 spiro atoms. The summed E-state index contributed by atoms with van der Waals surface area (Å²) in [5.74, 6) is -1.79. The minimum Gasteiger partial charge on any atom is -0.481 e. The molecule has 16 heavy (non-hydrogen) atoms. The van der Waals surface area contributed by atoms with E-state index in [1.165, 1.54) is 0 Å². The van der Waals surface area contributed by atoms with E-state index in [2.05, 4.69) is 0 Å². The van der Waals surface area contributed by atoms with Gasteiger partial charge in [-0.1, -0.05) is 0 Å². The summed E-state index contributed by atoms with van der Waals surface area (Å²) in [6.45, 7) is 0.291. The van der Waals surface area contributed by atoms with Crippen LogP contribution < -0.4 is 0 Å². The third-order valence-electron chi connectivity index (χ3n) is 3.56. The third kappa shape index (κ3) is 2.04. The van der Waals surface area contributed by atoms with Crippen LogP contribution in [-0.4, -0.2) is 46.2 Å². The van der Waals surface area contributed by atoms with Crippen molar-refractivity contribution in [3.63, 3.8) is 0 Å². The zero-order valence-corrected chi connectivity index (χ0v) is 9.13. The van der Waals surface area contributed by atoms with Crippen LogP contribution in [0.5, 0.6) is 0 Å². The van der Waals surface area contributed by atoms with Crippen LogP contribution in [0, 0.1) is 11.8 Å². The molecule has 90 valence electrons. The highest BCUT2D eigenvalue weighted by Gasteiger charge is 2.50. The highest BCUT2D eigenvalue weighted by Crippen LogP contribution is 2.41. The minimum absolute atomic E-state index is 0.0489. The average Bonchev–Trinajstić information content (AvgIpc) is 2.92. The fraction of sp³-hybridized carbons (Fsp3) is 0.818. The summed E-state index contributed by atoms with van der Waals surface area (Å²) in [5, 5.41) is 17.7. The number of nitrogens with zero attached hydrogens (tertiary/aromatic N) is 1. The lowest BCUT2D eigenvalue weighted by Gasteiger charge is -2.37. The number of aliphatic hydroxyl groups excluding tert-OH is 1. The van der Waals surface area contributed by atoms with Crippen LogP contribution in [0.2, 0.25) is 0 Å². The normalized spacial score (nSPS) is 28.3. The van der Waals surface area contributed by atoms with Gasteiger partial charge >= 0.3 is 5.97 Å². The monoisotopic (exact) mass is 227 g/mol. The van der Waals surface area contributed by atoms with E-state index in [1.54, 1.807) is 4.90 Å². The van der Waals surface area contributed by atoms with E-state index in [0.29, 0.717) is 13.0 Å². The van der Waals surface area contributed by atoms with Crippen LogP contribution in [0.1, 0.15) is 25.7 Å². The van der Waals surface area contributed by atoms with E-state index < -0.39 is 11.9 Å². The van der Waals surface area contributed by atoms with Gasteiger partial charge in [0, 0.05) is 12.6 Å². The Labute approximate surface area is 94.0 Å². The van der Waals surface area contributed by atoms with E-state index in [9.17, 15) is 9.59 Å².